The van der Waals surface area contributed by atoms with Gasteiger partial charge in [0, 0.05) is 30.9 Å². The zero-order chi connectivity index (χ0) is 15.3. The van der Waals surface area contributed by atoms with Gasteiger partial charge in [0.25, 0.3) is 0 Å². The van der Waals surface area contributed by atoms with Gasteiger partial charge in [-0.15, -0.1) is 11.3 Å². The number of rotatable bonds is 6. The molecule has 6 heteroatoms. The fourth-order valence-electron chi connectivity index (χ4n) is 1.55. The maximum absolute atomic E-state index is 12.0. The van der Waals surface area contributed by atoms with Gasteiger partial charge in [-0.2, -0.15) is 0 Å². The van der Waals surface area contributed by atoms with Gasteiger partial charge in [0.1, 0.15) is 0 Å². The average Bonchev–Trinajstić information content (AvgIpc) is 2.87. The number of nitrogens with one attached hydrogen (secondary N) is 1. The van der Waals surface area contributed by atoms with Gasteiger partial charge in [-0.3, -0.25) is 4.79 Å². The molecule has 1 atom stereocenters. The number of carboxylic acid groups (broad SMARTS) is 1. The molecule has 0 aliphatic rings. The highest BCUT2D eigenvalue weighted by molar-refractivity contribution is 7.09. The molecule has 0 aliphatic carbocycles. The number of hydrogen-bond acceptors (Lipinski definition) is 3. The molecule has 0 fully saturated rings. The van der Waals surface area contributed by atoms with E-state index in [1.807, 2.05) is 24.4 Å². The lowest BCUT2D eigenvalue weighted by Crippen LogP contribution is -2.47. The lowest BCUT2D eigenvalue weighted by atomic mass is 9.94. The number of carbonyl (C=O) groups is 2. The van der Waals surface area contributed by atoms with E-state index in [-0.39, 0.29) is 18.6 Å². The molecule has 0 spiro atoms. The molecule has 0 radical (unpaired) electrons. The zero-order valence-electron chi connectivity index (χ0n) is 12.3. The molecule has 1 aromatic heterocycles. The molecule has 1 unspecified atom stereocenters. The summed E-state index contributed by atoms with van der Waals surface area (Å²) in [4.78, 5) is 25.8. The first-order valence-electron chi connectivity index (χ1n) is 6.50. The van der Waals surface area contributed by atoms with Crippen molar-refractivity contribution in [2.75, 3.05) is 13.6 Å². The number of aliphatic carboxylic acids is 1. The molecule has 0 aromatic carbocycles. The molecule has 1 heterocycles. The van der Waals surface area contributed by atoms with Crippen LogP contribution in [0.1, 0.15) is 25.6 Å². The van der Waals surface area contributed by atoms with Crippen LogP contribution < -0.4 is 5.32 Å². The highest BCUT2D eigenvalue weighted by Crippen LogP contribution is 2.15. The molecule has 20 heavy (non-hydrogen) atoms. The van der Waals surface area contributed by atoms with Crippen molar-refractivity contribution in [3.8, 4) is 0 Å². The quantitative estimate of drug-likeness (QED) is 0.847. The topological polar surface area (TPSA) is 69.6 Å². The summed E-state index contributed by atoms with van der Waals surface area (Å²) in [5, 5.41) is 13.7. The predicted molar refractivity (Wildman–Crippen MR) is 80.1 cm³/mol. The van der Waals surface area contributed by atoms with Crippen LogP contribution in [-0.4, -0.2) is 41.6 Å². The molecule has 1 aromatic rings. The second-order valence-corrected chi connectivity index (χ2v) is 6.62. The Bertz CT molecular complexity index is 457. The normalized spacial score (nSPS) is 12.8. The maximum Gasteiger partial charge on any atom is 0.317 e. The van der Waals surface area contributed by atoms with E-state index in [0.717, 1.165) is 6.42 Å². The van der Waals surface area contributed by atoms with Crippen LogP contribution in [0.15, 0.2) is 17.5 Å². The summed E-state index contributed by atoms with van der Waals surface area (Å²) in [7, 11) is 1.72. The molecular weight excluding hydrogens is 276 g/mol. The third-order valence-corrected chi connectivity index (χ3v) is 4.22. The van der Waals surface area contributed by atoms with Crippen LogP contribution in [0.2, 0.25) is 0 Å². The van der Waals surface area contributed by atoms with Gasteiger partial charge in [0.15, 0.2) is 0 Å². The minimum Gasteiger partial charge on any atom is -0.481 e. The van der Waals surface area contributed by atoms with Crippen molar-refractivity contribution < 1.29 is 14.7 Å². The highest BCUT2D eigenvalue weighted by atomic mass is 32.1. The Morgan fingerprint density at radius 2 is 2.15 bits per heavy atom. The van der Waals surface area contributed by atoms with E-state index < -0.39 is 11.4 Å². The third kappa shape index (κ3) is 4.52. The Balaban J connectivity index is 2.48. The Morgan fingerprint density at radius 3 is 2.65 bits per heavy atom. The first kappa shape index (κ1) is 16.5. The van der Waals surface area contributed by atoms with E-state index in [1.165, 1.54) is 4.88 Å². The molecule has 112 valence electrons. The summed E-state index contributed by atoms with van der Waals surface area (Å²) in [5.74, 6) is -0.924. The first-order valence-corrected chi connectivity index (χ1v) is 7.38. The summed E-state index contributed by atoms with van der Waals surface area (Å²) < 4.78 is 0. The van der Waals surface area contributed by atoms with Crippen LogP contribution in [0.4, 0.5) is 4.79 Å². The van der Waals surface area contributed by atoms with Gasteiger partial charge in [-0.05, 0) is 32.2 Å². The molecular formula is C14H22N2O3S. The Hall–Kier alpha value is -1.56. The van der Waals surface area contributed by atoms with Crippen molar-refractivity contribution in [2.24, 2.45) is 5.41 Å². The van der Waals surface area contributed by atoms with Crippen molar-refractivity contribution in [2.45, 2.75) is 33.2 Å². The van der Waals surface area contributed by atoms with Gasteiger partial charge < -0.3 is 15.3 Å². The number of nitrogens with zero attached hydrogens (tertiary/aromatic N) is 1. The monoisotopic (exact) mass is 298 g/mol. The second kappa shape index (κ2) is 6.74. The number of carbonyl (C=O) groups excluding carboxylic acids is 1. The number of urea groups is 1. The van der Waals surface area contributed by atoms with Gasteiger partial charge in [0.05, 0.1) is 5.41 Å². The Kier molecular flexibility index (Phi) is 5.56. The van der Waals surface area contributed by atoms with Crippen LogP contribution in [0, 0.1) is 5.41 Å². The van der Waals surface area contributed by atoms with E-state index in [1.54, 1.807) is 37.1 Å². The summed E-state index contributed by atoms with van der Waals surface area (Å²) in [5.41, 5.74) is -0.965. The summed E-state index contributed by atoms with van der Waals surface area (Å²) in [6.07, 6.45) is 0.796. The molecule has 5 nitrogen and oxygen atoms in total. The summed E-state index contributed by atoms with van der Waals surface area (Å²) in [6.45, 7) is 5.26. The standard InChI is InChI=1S/C14H22N2O3S/c1-10(8-11-6-5-7-20-11)16(4)13(19)15-9-14(2,3)12(17)18/h5-7,10H,8-9H2,1-4H3,(H,15,19)(H,17,18). The molecule has 1 rings (SSSR count). The van der Waals surface area contributed by atoms with Crippen LogP contribution in [0.3, 0.4) is 0 Å². The van der Waals surface area contributed by atoms with E-state index in [0.29, 0.717) is 0 Å². The smallest absolute Gasteiger partial charge is 0.317 e. The van der Waals surface area contributed by atoms with Crippen molar-refractivity contribution in [1.82, 2.24) is 10.2 Å². The van der Waals surface area contributed by atoms with E-state index in [9.17, 15) is 9.59 Å². The summed E-state index contributed by atoms with van der Waals surface area (Å²) >= 11 is 1.67. The lowest BCUT2D eigenvalue weighted by molar-refractivity contribution is -0.146. The van der Waals surface area contributed by atoms with Crippen molar-refractivity contribution in [1.29, 1.82) is 0 Å². The molecule has 2 amide bonds. The van der Waals surface area contributed by atoms with Crippen molar-refractivity contribution in [3.05, 3.63) is 22.4 Å². The van der Waals surface area contributed by atoms with Crippen LogP contribution in [0.5, 0.6) is 0 Å². The van der Waals surface area contributed by atoms with Crippen molar-refractivity contribution in [3.63, 3.8) is 0 Å². The van der Waals surface area contributed by atoms with Gasteiger partial charge >= 0.3 is 12.0 Å². The summed E-state index contributed by atoms with van der Waals surface area (Å²) in [6, 6.07) is 3.84. The minimum atomic E-state index is -0.965. The average molecular weight is 298 g/mol. The Labute approximate surface area is 123 Å². The molecule has 0 saturated heterocycles. The third-order valence-electron chi connectivity index (χ3n) is 3.32. The molecule has 0 bridgehead atoms. The fourth-order valence-corrected chi connectivity index (χ4v) is 2.38. The number of likely N-dealkylation sites (N-methyl/N-ethyl adjacent to an activating group) is 1. The van der Waals surface area contributed by atoms with E-state index >= 15 is 0 Å². The van der Waals surface area contributed by atoms with E-state index in [4.69, 9.17) is 5.11 Å². The van der Waals surface area contributed by atoms with Gasteiger partial charge in [-0.1, -0.05) is 6.07 Å². The second-order valence-electron chi connectivity index (χ2n) is 5.59. The number of hydrogen-bond donors (Lipinski definition) is 2. The number of carboxylic acids is 1. The van der Waals surface area contributed by atoms with Crippen LogP contribution >= 0.6 is 11.3 Å². The Morgan fingerprint density at radius 1 is 1.50 bits per heavy atom. The predicted octanol–water partition coefficient (Wildman–Crippen LogP) is 2.43. The number of amides is 2. The fraction of sp³-hybridized carbons (Fsp3) is 0.571. The van der Waals surface area contributed by atoms with Gasteiger partial charge in [-0.25, -0.2) is 4.79 Å². The highest BCUT2D eigenvalue weighted by Gasteiger charge is 2.28. The SMILES string of the molecule is CC(Cc1cccs1)N(C)C(=O)NCC(C)(C)C(=O)O. The largest absolute Gasteiger partial charge is 0.481 e. The van der Waals surface area contributed by atoms with Crippen LogP contribution in [0.25, 0.3) is 0 Å². The lowest BCUT2D eigenvalue weighted by Gasteiger charge is -2.27. The molecule has 0 aliphatic heterocycles. The maximum atomic E-state index is 12.0. The minimum absolute atomic E-state index is 0.0570. The van der Waals surface area contributed by atoms with Crippen molar-refractivity contribution >= 4 is 23.3 Å². The van der Waals surface area contributed by atoms with Crippen LogP contribution in [-0.2, 0) is 11.2 Å². The van der Waals surface area contributed by atoms with E-state index in [2.05, 4.69) is 5.32 Å². The van der Waals surface area contributed by atoms with Gasteiger partial charge in [0.2, 0.25) is 0 Å². The molecule has 0 saturated carbocycles. The molecule has 2 N–H and O–H groups in total. The first-order chi connectivity index (χ1) is 9.24. The number of thiophene rings is 1. The zero-order valence-corrected chi connectivity index (χ0v) is 13.2.